The lowest BCUT2D eigenvalue weighted by atomic mass is 9.93. The van der Waals surface area contributed by atoms with Gasteiger partial charge in [0.2, 0.25) is 0 Å². The fraction of sp³-hybridized carbons (Fsp3) is 0.294. The van der Waals surface area contributed by atoms with Crippen molar-refractivity contribution in [2.24, 2.45) is 0 Å². The van der Waals surface area contributed by atoms with E-state index >= 15 is 0 Å². The van der Waals surface area contributed by atoms with E-state index in [9.17, 15) is 0 Å². The SMILES string of the molecule is CNCc1ccc(C)cc1-c1cc(C)c(Cl)cc1C. The maximum absolute atomic E-state index is 6.19. The molecule has 100 valence electrons. The molecule has 0 radical (unpaired) electrons. The molecule has 19 heavy (non-hydrogen) atoms. The monoisotopic (exact) mass is 273 g/mol. The van der Waals surface area contributed by atoms with Gasteiger partial charge in [-0.05, 0) is 67.8 Å². The van der Waals surface area contributed by atoms with Gasteiger partial charge in [-0.3, -0.25) is 0 Å². The van der Waals surface area contributed by atoms with Crippen LogP contribution in [0.25, 0.3) is 11.1 Å². The Labute approximate surface area is 120 Å². The Bertz CT molecular complexity index is 602. The van der Waals surface area contributed by atoms with Crippen molar-refractivity contribution >= 4 is 11.6 Å². The maximum atomic E-state index is 6.19. The van der Waals surface area contributed by atoms with Gasteiger partial charge in [-0.15, -0.1) is 0 Å². The molecule has 0 saturated carbocycles. The number of hydrogen-bond acceptors (Lipinski definition) is 1. The molecule has 2 rings (SSSR count). The lowest BCUT2D eigenvalue weighted by molar-refractivity contribution is 0.819. The summed E-state index contributed by atoms with van der Waals surface area (Å²) in [5.74, 6) is 0. The van der Waals surface area contributed by atoms with E-state index in [1.165, 1.54) is 27.8 Å². The van der Waals surface area contributed by atoms with Gasteiger partial charge in [0, 0.05) is 11.6 Å². The van der Waals surface area contributed by atoms with Gasteiger partial charge in [0.1, 0.15) is 0 Å². The number of rotatable bonds is 3. The Morgan fingerprint density at radius 3 is 2.37 bits per heavy atom. The zero-order valence-corrected chi connectivity index (χ0v) is 12.7. The lowest BCUT2D eigenvalue weighted by Crippen LogP contribution is -2.07. The van der Waals surface area contributed by atoms with Gasteiger partial charge in [0.05, 0.1) is 0 Å². The number of nitrogens with one attached hydrogen (secondary N) is 1. The van der Waals surface area contributed by atoms with E-state index < -0.39 is 0 Å². The molecule has 0 spiro atoms. The van der Waals surface area contributed by atoms with Gasteiger partial charge in [0.15, 0.2) is 0 Å². The van der Waals surface area contributed by atoms with Crippen molar-refractivity contribution in [2.45, 2.75) is 27.3 Å². The summed E-state index contributed by atoms with van der Waals surface area (Å²) in [5.41, 5.74) is 7.51. The minimum Gasteiger partial charge on any atom is -0.316 e. The van der Waals surface area contributed by atoms with E-state index in [-0.39, 0.29) is 0 Å². The molecule has 0 amide bonds. The minimum absolute atomic E-state index is 0.837. The van der Waals surface area contributed by atoms with Crippen LogP contribution in [0.2, 0.25) is 5.02 Å². The summed E-state index contributed by atoms with van der Waals surface area (Å²) in [6, 6.07) is 10.9. The van der Waals surface area contributed by atoms with Crippen LogP contribution in [0.5, 0.6) is 0 Å². The van der Waals surface area contributed by atoms with Crippen LogP contribution in [-0.4, -0.2) is 7.05 Å². The topological polar surface area (TPSA) is 12.0 Å². The van der Waals surface area contributed by atoms with Crippen molar-refractivity contribution in [3.8, 4) is 11.1 Å². The highest BCUT2D eigenvalue weighted by atomic mass is 35.5. The summed E-state index contributed by atoms with van der Waals surface area (Å²) in [5, 5.41) is 4.07. The molecule has 0 aliphatic heterocycles. The molecule has 0 heterocycles. The van der Waals surface area contributed by atoms with Gasteiger partial charge in [0.25, 0.3) is 0 Å². The number of aryl methyl sites for hydroxylation is 3. The average molecular weight is 274 g/mol. The highest BCUT2D eigenvalue weighted by Gasteiger charge is 2.10. The highest BCUT2D eigenvalue weighted by Crippen LogP contribution is 2.31. The lowest BCUT2D eigenvalue weighted by Gasteiger charge is -2.14. The first-order chi connectivity index (χ1) is 9.02. The third kappa shape index (κ3) is 2.99. The molecule has 2 aromatic rings. The van der Waals surface area contributed by atoms with Crippen molar-refractivity contribution in [1.82, 2.24) is 5.32 Å². The molecule has 0 fully saturated rings. The first kappa shape index (κ1) is 14.1. The second-order valence-electron chi connectivity index (χ2n) is 5.11. The van der Waals surface area contributed by atoms with E-state index in [2.05, 4.69) is 56.4 Å². The maximum Gasteiger partial charge on any atom is 0.0438 e. The van der Waals surface area contributed by atoms with Crippen LogP contribution in [0.4, 0.5) is 0 Å². The molecule has 2 aromatic carbocycles. The summed E-state index contributed by atoms with van der Waals surface area (Å²) in [7, 11) is 1.98. The molecule has 2 heteroatoms. The van der Waals surface area contributed by atoms with Crippen LogP contribution >= 0.6 is 11.6 Å². The Morgan fingerprint density at radius 1 is 0.947 bits per heavy atom. The fourth-order valence-electron chi connectivity index (χ4n) is 2.36. The first-order valence-electron chi connectivity index (χ1n) is 6.54. The van der Waals surface area contributed by atoms with Crippen LogP contribution in [0.3, 0.4) is 0 Å². The molecule has 0 aliphatic rings. The van der Waals surface area contributed by atoms with Gasteiger partial charge >= 0.3 is 0 Å². The number of benzene rings is 2. The van der Waals surface area contributed by atoms with Crippen LogP contribution in [0.1, 0.15) is 22.3 Å². The molecule has 0 aliphatic carbocycles. The summed E-state index contributed by atoms with van der Waals surface area (Å²) < 4.78 is 0. The van der Waals surface area contributed by atoms with E-state index in [1.54, 1.807) is 0 Å². The summed E-state index contributed by atoms with van der Waals surface area (Å²) in [6.45, 7) is 7.17. The van der Waals surface area contributed by atoms with Crippen LogP contribution in [0, 0.1) is 20.8 Å². The zero-order valence-electron chi connectivity index (χ0n) is 12.0. The Hall–Kier alpha value is -1.31. The number of halogens is 1. The molecule has 0 unspecified atom stereocenters. The standard InChI is InChI=1S/C17H20ClN/c1-11-5-6-14(10-19-4)16(7-11)15-8-13(3)17(18)9-12(15)2/h5-9,19H,10H2,1-4H3. The van der Waals surface area contributed by atoms with E-state index in [0.29, 0.717) is 0 Å². The van der Waals surface area contributed by atoms with Crippen molar-refractivity contribution in [2.75, 3.05) is 7.05 Å². The second-order valence-corrected chi connectivity index (χ2v) is 5.51. The fourth-order valence-corrected chi connectivity index (χ4v) is 2.57. The van der Waals surface area contributed by atoms with Crippen LogP contribution < -0.4 is 5.32 Å². The van der Waals surface area contributed by atoms with Gasteiger partial charge in [-0.25, -0.2) is 0 Å². The van der Waals surface area contributed by atoms with E-state index in [1.807, 2.05) is 7.05 Å². The molecule has 0 aromatic heterocycles. The smallest absolute Gasteiger partial charge is 0.0438 e. The quantitative estimate of drug-likeness (QED) is 0.858. The van der Waals surface area contributed by atoms with Crippen molar-refractivity contribution in [3.63, 3.8) is 0 Å². The predicted octanol–water partition coefficient (Wildman–Crippen LogP) is 4.65. The van der Waals surface area contributed by atoms with E-state index in [0.717, 1.165) is 17.1 Å². The molecular weight excluding hydrogens is 254 g/mol. The molecule has 0 atom stereocenters. The molecule has 1 N–H and O–H groups in total. The predicted molar refractivity (Wildman–Crippen MR) is 83.9 cm³/mol. The van der Waals surface area contributed by atoms with Crippen molar-refractivity contribution < 1.29 is 0 Å². The zero-order chi connectivity index (χ0) is 14.0. The summed E-state index contributed by atoms with van der Waals surface area (Å²) >= 11 is 6.19. The van der Waals surface area contributed by atoms with Gasteiger partial charge < -0.3 is 5.32 Å². The van der Waals surface area contributed by atoms with Crippen LogP contribution in [-0.2, 0) is 6.54 Å². The third-order valence-electron chi connectivity index (χ3n) is 3.43. The normalized spacial score (nSPS) is 10.8. The van der Waals surface area contributed by atoms with Crippen molar-refractivity contribution in [1.29, 1.82) is 0 Å². The number of hydrogen-bond donors (Lipinski definition) is 1. The largest absolute Gasteiger partial charge is 0.316 e. The highest BCUT2D eigenvalue weighted by molar-refractivity contribution is 6.31. The van der Waals surface area contributed by atoms with E-state index in [4.69, 9.17) is 11.6 Å². The molecular formula is C17H20ClN. The third-order valence-corrected chi connectivity index (χ3v) is 3.84. The molecule has 0 bridgehead atoms. The first-order valence-corrected chi connectivity index (χ1v) is 6.92. The average Bonchev–Trinajstić information content (AvgIpc) is 2.36. The Morgan fingerprint density at radius 2 is 1.68 bits per heavy atom. The van der Waals surface area contributed by atoms with Gasteiger partial charge in [-0.1, -0.05) is 35.4 Å². The van der Waals surface area contributed by atoms with Gasteiger partial charge in [-0.2, -0.15) is 0 Å². The molecule has 1 nitrogen and oxygen atoms in total. The summed E-state index contributed by atoms with van der Waals surface area (Å²) in [6.07, 6.45) is 0. The second kappa shape index (κ2) is 5.77. The molecule has 0 saturated heterocycles. The van der Waals surface area contributed by atoms with Crippen molar-refractivity contribution in [3.05, 3.63) is 57.6 Å². The summed E-state index contributed by atoms with van der Waals surface area (Å²) in [4.78, 5) is 0. The Balaban J connectivity index is 2.63. The van der Waals surface area contributed by atoms with Crippen LogP contribution in [0.15, 0.2) is 30.3 Å². The minimum atomic E-state index is 0.837. The Kier molecular flexibility index (Phi) is 4.28.